The summed E-state index contributed by atoms with van der Waals surface area (Å²) in [6, 6.07) is 18.4. The quantitative estimate of drug-likeness (QED) is 0.770. The van der Waals surface area contributed by atoms with Gasteiger partial charge >= 0.3 is 0 Å². The van der Waals surface area contributed by atoms with Crippen molar-refractivity contribution in [2.45, 2.75) is 12.8 Å². The predicted molar refractivity (Wildman–Crippen MR) is 95.4 cm³/mol. The van der Waals surface area contributed by atoms with Crippen molar-refractivity contribution in [1.29, 1.82) is 0 Å². The van der Waals surface area contributed by atoms with Crippen molar-refractivity contribution in [1.82, 2.24) is 10.6 Å². The molecule has 0 fully saturated rings. The number of rotatable bonds is 7. The molecular weight excluding hydrogens is 292 g/mol. The Morgan fingerprint density at radius 2 is 1.55 bits per heavy atom. The number of ether oxygens (including phenoxy) is 1. The first-order chi connectivity index (χ1) is 10.8. The Balaban J connectivity index is 1.65. The lowest BCUT2D eigenvalue weighted by Crippen LogP contribution is -2.37. The van der Waals surface area contributed by atoms with Gasteiger partial charge in [0.2, 0.25) is 0 Å². The molecule has 0 aliphatic carbocycles. The van der Waals surface area contributed by atoms with Gasteiger partial charge < -0.3 is 15.4 Å². The standard InChI is InChI=1S/C18H22N2OS/c1-21-17-10-6-5-9-16(17)12-14-20-18(22)19-13-11-15-7-3-2-4-8-15/h2-10H,11-14H2,1H3,(H2,19,20,22). The van der Waals surface area contributed by atoms with Crippen LogP contribution in [0.1, 0.15) is 11.1 Å². The summed E-state index contributed by atoms with van der Waals surface area (Å²) in [6.45, 7) is 1.63. The van der Waals surface area contributed by atoms with E-state index in [1.54, 1.807) is 7.11 Å². The van der Waals surface area contributed by atoms with Crippen LogP contribution in [-0.4, -0.2) is 25.3 Å². The molecular formula is C18H22N2OS. The Hall–Kier alpha value is -2.07. The Morgan fingerprint density at radius 3 is 2.27 bits per heavy atom. The summed E-state index contributed by atoms with van der Waals surface area (Å²) in [5.74, 6) is 0.923. The number of hydrogen-bond acceptors (Lipinski definition) is 2. The van der Waals surface area contributed by atoms with Gasteiger partial charge in [0.1, 0.15) is 5.75 Å². The Morgan fingerprint density at radius 1 is 0.909 bits per heavy atom. The van der Waals surface area contributed by atoms with Crippen LogP contribution >= 0.6 is 12.2 Å². The van der Waals surface area contributed by atoms with Crippen LogP contribution in [0.15, 0.2) is 54.6 Å². The number of nitrogens with one attached hydrogen (secondary N) is 2. The largest absolute Gasteiger partial charge is 0.496 e. The first-order valence-corrected chi connectivity index (χ1v) is 7.88. The molecule has 3 nitrogen and oxygen atoms in total. The second kappa shape index (κ2) is 9.05. The molecule has 2 aromatic carbocycles. The molecule has 0 radical (unpaired) electrons. The molecule has 0 aliphatic heterocycles. The predicted octanol–water partition coefficient (Wildman–Crippen LogP) is 2.94. The zero-order valence-electron chi connectivity index (χ0n) is 12.8. The van der Waals surface area contributed by atoms with E-state index >= 15 is 0 Å². The average molecular weight is 314 g/mol. The zero-order chi connectivity index (χ0) is 15.6. The minimum Gasteiger partial charge on any atom is -0.496 e. The fourth-order valence-corrected chi connectivity index (χ4v) is 2.45. The van der Waals surface area contributed by atoms with Crippen LogP contribution < -0.4 is 15.4 Å². The van der Waals surface area contributed by atoms with Crippen LogP contribution in [0.2, 0.25) is 0 Å². The SMILES string of the molecule is COc1ccccc1CCNC(=S)NCCc1ccccc1. The topological polar surface area (TPSA) is 33.3 Å². The minimum absolute atomic E-state index is 0.700. The van der Waals surface area contributed by atoms with Gasteiger partial charge in [0.05, 0.1) is 7.11 Å². The molecule has 0 bridgehead atoms. The summed E-state index contributed by atoms with van der Waals surface area (Å²) in [7, 11) is 1.70. The van der Waals surface area contributed by atoms with E-state index in [1.807, 2.05) is 24.3 Å². The Bertz CT molecular complexity index is 587. The van der Waals surface area contributed by atoms with Gasteiger partial charge in [-0.3, -0.25) is 0 Å². The van der Waals surface area contributed by atoms with Gasteiger partial charge in [0, 0.05) is 13.1 Å². The average Bonchev–Trinajstić information content (AvgIpc) is 2.56. The van der Waals surface area contributed by atoms with Crippen molar-refractivity contribution in [2.24, 2.45) is 0 Å². The number of hydrogen-bond donors (Lipinski definition) is 2. The number of thiocarbonyl (C=S) groups is 1. The van der Waals surface area contributed by atoms with Crippen molar-refractivity contribution in [3.8, 4) is 5.75 Å². The summed E-state index contributed by atoms with van der Waals surface area (Å²) in [6.07, 6.45) is 1.85. The lowest BCUT2D eigenvalue weighted by Gasteiger charge is -2.12. The Labute approximate surface area is 137 Å². The molecule has 0 aliphatic rings. The van der Waals surface area contributed by atoms with Gasteiger partial charge in [-0.05, 0) is 42.3 Å². The highest BCUT2D eigenvalue weighted by atomic mass is 32.1. The third-order valence-electron chi connectivity index (χ3n) is 3.41. The smallest absolute Gasteiger partial charge is 0.166 e. The van der Waals surface area contributed by atoms with Crippen molar-refractivity contribution < 1.29 is 4.74 Å². The van der Waals surface area contributed by atoms with Gasteiger partial charge in [-0.2, -0.15) is 0 Å². The lowest BCUT2D eigenvalue weighted by molar-refractivity contribution is 0.409. The number of benzene rings is 2. The first kappa shape index (κ1) is 16.3. The maximum atomic E-state index is 5.34. The monoisotopic (exact) mass is 314 g/mol. The van der Waals surface area contributed by atoms with Gasteiger partial charge in [-0.1, -0.05) is 48.5 Å². The van der Waals surface area contributed by atoms with Crippen molar-refractivity contribution in [3.05, 3.63) is 65.7 Å². The lowest BCUT2D eigenvalue weighted by atomic mass is 10.1. The van der Waals surface area contributed by atoms with Crippen molar-refractivity contribution in [2.75, 3.05) is 20.2 Å². The van der Waals surface area contributed by atoms with Crippen LogP contribution in [0.3, 0.4) is 0 Å². The van der Waals surface area contributed by atoms with E-state index in [9.17, 15) is 0 Å². The van der Waals surface area contributed by atoms with Crippen LogP contribution in [0.25, 0.3) is 0 Å². The molecule has 0 saturated heterocycles. The third kappa shape index (κ3) is 5.37. The highest BCUT2D eigenvalue weighted by molar-refractivity contribution is 7.80. The maximum absolute atomic E-state index is 5.34. The molecule has 0 heterocycles. The van der Waals surface area contributed by atoms with Crippen LogP contribution in [0.4, 0.5) is 0 Å². The molecule has 0 saturated carbocycles. The zero-order valence-corrected chi connectivity index (χ0v) is 13.7. The molecule has 0 amide bonds. The third-order valence-corrected chi connectivity index (χ3v) is 3.70. The highest BCUT2D eigenvalue weighted by Gasteiger charge is 2.02. The first-order valence-electron chi connectivity index (χ1n) is 7.47. The van der Waals surface area contributed by atoms with Crippen LogP contribution in [-0.2, 0) is 12.8 Å². The van der Waals surface area contributed by atoms with Crippen molar-refractivity contribution in [3.63, 3.8) is 0 Å². The van der Waals surface area contributed by atoms with Gasteiger partial charge in [-0.25, -0.2) is 0 Å². The minimum atomic E-state index is 0.700. The summed E-state index contributed by atoms with van der Waals surface area (Å²) < 4.78 is 5.34. The second-order valence-corrected chi connectivity index (χ2v) is 5.39. The molecule has 0 aromatic heterocycles. The van der Waals surface area contributed by atoms with E-state index in [-0.39, 0.29) is 0 Å². The van der Waals surface area contributed by atoms with Gasteiger partial charge in [0.25, 0.3) is 0 Å². The van der Waals surface area contributed by atoms with E-state index in [1.165, 1.54) is 11.1 Å². The Kier molecular flexibility index (Phi) is 6.71. The normalized spacial score (nSPS) is 10.0. The molecule has 0 unspecified atom stereocenters. The summed E-state index contributed by atoms with van der Waals surface area (Å²) >= 11 is 5.29. The molecule has 2 rings (SSSR count). The molecule has 0 spiro atoms. The van der Waals surface area contributed by atoms with Crippen LogP contribution in [0, 0.1) is 0 Å². The molecule has 2 N–H and O–H groups in total. The summed E-state index contributed by atoms with van der Waals surface area (Å²) in [5, 5.41) is 7.17. The molecule has 2 aromatic rings. The molecule has 0 atom stereocenters. The molecule has 4 heteroatoms. The number of methoxy groups -OCH3 is 1. The maximum Gasteiger partial charge on any atom is 0.166 e. The van der Waals surface area contributed by atoms with E-state index in [0.717, 1.165) is 31.7 Å². The fraction of sp³-hybridized carbons (Fsp3) is 0.278. The molecule has 116 valence electrons. The van der Waals surface area contributed by atoms with E-state index in [4.69, 9.17) is 17.0 Å². The summed E-state index contributed by atoms with van der Waals surface area (Å²) in [5.41, 5.74) is 2.50. The second-order valence-electron chi connectivity index (χ2n) is 4.98. The van der Waals surface area contributed by atoms with Gasteiger partial charge in [-0.15, -0.1) is 0 Å². The van der Waals surface area contributed by atoms with Crippen molar-refractivity contribution >= 4 is 17.3 Å². The number of para-hydroxylation sites is 1. The van der Waals surface area contributed by atoms with E-state index in [0.29, 0.717) is 5.11 Å². The molecule has 22 heavy (non-hydrogen) atoms. The fourth-order valence-electron chi connectivity index (χ4n) is 2.25. The highest BCUT2D eigenvalue weighted by Crippen LogP contribution is 2.17. The van der Waals surface area contributed by atoms with E-state index < -0.39 is 0 Å². The van der Waals surface area contributed by atoms with Crippen LogP contribution in [0.5, 0.6) is 5.75 Å². The summed E-state index contributed by atoms with van der Waals surface area (Å²) in [4.78, 5) is 0. The van der Waals surface area contributed by atoms with E-state index in [2.05, 4.69) is 41.0 Å². The van der Waals surface area contributed by atoms with Gasteiger partial charge in [0.15, 0.2) is 5.11 Å².